The van der Waals surface area contributed by atoms with Crippen molar-refractivity contribution in [3.63, 3.8) is 0 Å². The summed E-state index contributed by atoms with van der Waals surface area (Å²) in [6.45, 7) is 4.33. The van der Waals surface area contributed by atoms with E-state index >= 15 is 0 Å². The topological polar surface area (TPSA) is 76.0 Å². The summed E-state index contributed by atoms with van der Waals surface area (Å²) in [5.74, 6) is 0.955. The van der Waals surface area contributed by atoms with Crippen molar-refractivity contribution in [2.24, 2.45) is 0 Å². The number of anilines is 1. The van der Waals surface area contributed by atoms with Crippen LogP contribution >= 0.6 is 0 Å². The second-order valence-corrected chi connectivity index (χ2v) is 6.20. The number of aliphatic hydroxyl groups is 1. The molecule has 1 aromatic heterocycles. The number of rotatable bonds is 2. The molecule has 0 spiro atoms. The maximum Gasteiger partial charge on any atom is 0.145 e. The summed E-state index contributed by atoms with van der Waals surface area (Å²) in [5.41, 5.74) is 5.39. The first-order valence-electron chi connectivity index (χ1n) is 7.85. The Balaban J connectivity index is 1.73. The lowest BCUT2D eigenvalue weighted by molar-refractivity contribution is 0.411. The van der Waals surface area contributed by atoms with Crippen LogP contribution < -0.4 is 4.90 Å². The lowest BCUT2D eigenvalue weighted by atomic mass is 10.2. The van der Waals surface area contributed by atoms with Crippen molar-refractivity contribution in [1.82, 2.24) is 9.97 Å². The predicted octanol–water partition coefficient (Wildman–Crippen LogP) is 3.95. The largest absolute Gasteiger partial charge is 0.509 e. The van der Waals surface area contributed by atoms with Gasteiger partial charge in [-0.1, -0.05) is 23.8 Å². The highest BCUT2D eigenvalue weighted by Gasteiger charge is 2.31. The molecular formula is C19H18N4O. The van der Waals surface area contributed by atoms with Crippen LogP contribution in [-0.2, 0) is 0 Å². The summed E-state index contributed by atoms with van der Waals surface area (Å²) in [6, 6.07) is 13.9. The van der Waals surface area contributed by atoms with E-state index in [-0.39, 0.29) is 18.1 Å². The van der Waals surface area contributed by atoms with E-state index in [0.29, 0.717) is 11.4 Å². The molecule has 2 heterocycles. The van der Waals surface area contributed by atoms with Crippen LogP contribution in [0.3, 0.4) is 0 Å². The molecule has 24 heavy (non-hydrogen) atoms. The van der Waals surface area contributed by atoms with E-state index in [4.69, 9.17) is 5.41 Å². The number of aromatic nitrogens is 2. The fourth-order valence-corrected chi connectivity index (χ4v) is 3.02. The minimum atomic E-state index is 0.163. The highest BCUT2D eigenvalue weighted by atomic mass is 16.3. The Morgan fingerprint density at radius 2 is 1.79 bits per heavy atom. The summed E-state index contributed by atoms with van der Waals surface area (Å²) < 4.78 is 0. The first-order valence-corrected chi connectivity index (χ1v) is 7.85. The van der Waals surface area contributed by atoms with Crippen molar-refractivity contribution < 1.29 is 5.11 Å². The number of benzene rings is 2. The highest BCUT2D eigenvalue weighted by molar-refractivity contribution is 6.30. The Labute approximate surface area is 139 Å². The third-order valence-electron chi connectivity index (χ3n) is 4.32. The van der Waals surface area contributed by atoms with E-state index in [9.17, 15) is 5.11 Å². The maximum absolute atomic E-state index is 10.4. The third kappa shape index (κ3) is 2.25. The number of aliphatic hydroxyl groups excluding tert-OH is 1. The van der Waals surface area contributed by atoms with E-state index in [2.05, 4.69) is 9.97 Å². The van der Waals surface area contributed by atoms with Gasteiger partial charge in [-0.2, -0.15) is 0 Å². The number of aryl methyl sites for hydroxylation is 2. The lowest BCUT2D eigenvalue weighted by Gasteiger charge is -2.18. The molecule has 5 heteroatoms. The van der Waals surface area contributed by atoms with Gasteiger partial charge in [-0.15, -0.1) is 0 Å². The van der Waals surface area contributed by atoms with Gasteiger partial charge < -0.3 is 15.0 Å². The fraction of sp³-hybridized carbons (Fsp3) is 0.158. The Kier molecular flexibility index (Phi) is 3.16. The van der Waals surface area contributed by atoms with Crippen LogP contribution in [0.25, 0.3) is 16.6 Å². The number of imidazole rings is 1. The summed E-state index contributed by atoms with van der Waals surface area (Å²) in [4.78, 5) is 9.54. The monoisotopic (exact) mass is 318 g/mol. The summed E-state index contributed by atoms with van der Waals surface area (Å²) >= 11 is 0. The van der Waals surface area contributed by atoms with Gasteiger partial charge in [0.1, 0.15) is 17.4 Å². The molecule has 1 aliphatic heterocycles. The molecule has 3 N–H and O–H groups in total. The number of hydrogen-bond acceptors (Lipinski definition) is 3. The van der Waals surface area contributed by atoms with E-state index in [1.165, 1.54) is 0 Å². The van der Waals surface area contributed by atoms with Gasteiger partial charge in [0.15, 0.2) is 0 Å². The van der Waals surface area contributed by atoms with Gasteiger partial charge in [-0.25, -0.2) is 4.98 Å². The van der Waals surface area contributed by atoms with Gasteiger partial charge in [-0.05, 0) is 43.7 Å². The van der Waals surface area contributed by atoms with E-state index in [0.717, 1.165) is 27.8 Å². The van der Waals surface area contributed by atoms with Gasteiger partial charge in [-0.3, -0.25) is 5.41 Å². The van der Waals surface area contributed by atoms with Crippen LogP contribution in [-0.4, -0.2) is 27.5 Å². The zero-order valence-corrected chi connectivity index (χ0v) is 13.6. The number of H-pyrrole nitrogens is 1. The first-order chi connectivity index (χ1) is 11.5. The molecule has 0 amide bonds. The lowest BCUT2D eigenvalue weighted by Crippen LogP contribution is -2.26. The van der Waals surface area contributed by atoms with Crippen molar-refractivity contribution in [2.75, 3.05) is 11.4 Å². The van der Waals surface area contributed by atoms with Crippen LogP contribution in [0.5, 0.6) is 0 Å². The molecule has 0 atom stereocenters. The van der Waals surface area contributed by atoms with Crippen LogP contribution in [0.1, 0.15) is 17.0 Å². The molecule has 0 aliphatic carbocycles. The predicted molar refractivity (Wildman–Crippen MR) is 96.6 cm³/mol. The summed E-state index contributed by atoms with van der Waals surface area (Å²) in [6.07, 6.45) is 0. The van der Waals surface area contributed by atoms with Gasteiger partial charge in [0, 0.05) is 5.69 Å². The smallest absolute Gasteiger partial charge is 0.145 e. The number of amidine groups is 1. The molecule has 5 nitrogen and oxygen atoms in total. The average Bonchev–Trinajstić information content (AvgIpc) is 3.08. The maximum atomic E-state index is 10.4. The van der Waals surface area contributed by atoms with E-state index < -0.39 is 0 Å². The Bertz CT molecular complexity index is 982. The molecular weight excluding hydrogens is 300 g/mol. The SMILES string of the molecule is Cc1ccc(N2CC(O)=C(c3nc4ccc(C)cc4[nH]3)C2=N)cc1. The van der Waals surface area contributed by atoms with Crippen molar-refractivity contribution in [2.45, 2.75) is 13.8 Å². The molecule has 4 rings (SSSR count). The Hall–Kier alpha value is -3.08. The summed E-state index contributed by atoms with van der Waals surface area (Å²) in [5, 5.41) is 18.9. The zero-order chi connectivity index (χ0) is 16.8. The molecule has 0 unspecified atom stereocenters. The van der Waals surface area contributed by atoms with Crippen molar-refractivity contribution in [1.29, 1.82) is 5.41 Å². The van der Waals surface area contributed by atoms with Crippen molar-refractivity contribution in [3.05, 3.63) is 65.2 Å². The van der Waals surface area contributed by atoms with Gasteiger partial charge in [0.2, 0.25) is 0 Å². The minimum absolute atomic E-state index is 0.163. The molecule has 0 radical (unpaired) electrons. The molecule has 120 valence electrons. The van der Waals surface area contributed by atoms with E-state index in [1.54, 1.807) is 4.90 Å². The molecule has 0 saturated heterocycles. The van der Waals surface area contributed by atoms with Crippen molar-refractivity contribution in [3.8, 4) is 0 Å². The quantitative estimate of drug-likeness (QED) is 0.669. The highest BCUT2D eigenvalue weighted by Crippen LogP contribution is 2.31. The second kappa shape index (κ2) is 5.23. The Morgan fingerprint density at radius 1 is 1.08 bits per heavy atom. The molecule has 0 fully saturated rings. The first kappa shape index (κ1) is 14.5. The molecule has 0 saturated carbocycles. The minimum Gasteiger partial charge on any atom is -0.509 e. The number of nitrogens with one attached hydrogen (secondary N) is 2. The molecule has 3 aromatic rings. The number of nitrogens with zero attached hydrogens (tertiary/aromatic N) is 2. The fourth-order valence-electron chi connectivity index (χ4n) is 3.02. The van der Waals surface area contributed by atoms with Crippen LogP contribution in [0, 0.1) is 19.3 Å². The van der Waals surface area contributed by atoms with Crippen molar-refractivity contribution >= 4 is 28.1 Å². The van der Waals surface area contributed by atoms with E-state index in [1.807, 2.05) is 56.3 Å². The normalized spacial score (nSPS) is 14.9. The number of fused-ring (bicyclic) bond motifs is 1. The van der Waals surface area contributed by atoms with Gasteiger partial charge in [0.25, 0.3) is 0 Å². The second-order valence-electron chi connectivity index (χ2n) is 6.20. The van der Waals surface area contributed by atoms with Crippen LogP contribution in [0.2, 0.25) is 0 Å². The van der Waals surface area contributed by atoms with Gasteiger partial charge >= 0.3 is 0 Å². The molecule has 2 aromatic carbocycles. The average molecular weight is 318 g/mol. The summed E-state index contributed by atoms with van der Waals surface area (Å²) in [7, 11) is 0. The van der Waals surface area contributed by atoms with Crippen LogP contribution in [0.4, 0.5) is 5.69 Å². The number of hydrogen-bond donors (Lipinski definition) is 3. The van der Waals surface area contributed by atoms with Gasteiger partial charge in [0.05, 0.1) is 23.2 Å². The third-order valence-corrected chi connectivity index (χ3v) is 4.32. The number of aromatic amines is 1. The Morgan fingerprint density at radius 3 is 2.54 bits per heavy atom. The molecule has 1 aliphatic rings. The van der Waals surface area contributed by atoms with Crippen LogP contribution in [0.15, 0.2) is 48.2 Å². The standard InChI is InChI=1S/C19H18N4O/c1-11-3-6-13(7-4-11)23-10-16(24)17(18(23)20)19-21-14-8-5-12(2)9-15(14)22-19/h3-9,20,24H,10H2,1-2H3,(H,21,22). The molecule has 0 bridgehead atoms. The zero-order valence-electron chi connectivity index (χ0n) is 13.6.